The second-order valence-corrected chi connectivity index (χ2v) is 7.28. The van der Waals surface area contributed by atoms with Gasteiger partial charge in [0.2, 0.25) is 0 Å². The van der Waals surface area contributed by atoms with Crippen molar-refractivity contribution in [3.05, 3.63) is 48.0 Å². The lowest BCUT2D eigenvalue weighted by Gasteiger charge is -2.26. The lowest BCUT2D eigenvalue weighted by Crippen LogP contribution is -2.39. The summed E-state index contributed by atoms with van der Waals surface area (Å²) in [5.41, 5.74) is 5.58. The van der Waals surface area contributed by atoms with Gasteiger partial charge >= 0.3 is 0 Å². The highest BCUT2D eigenvalue weighted by Gasteiger charge is 2.18. The summed E-state index contributed by atoms with van der Waals surface area (Å²) in [5, 5.41) is 4.25. The number of pyridine rings is 2. The van der Waals surface area contributed by atoms with E-state index in [1.54, 1.807) is 6.07 Å². The molecule has 0 radical (unpaired) electrons. The van der Waals surface area contributed by atoms with E-state index in [0.717, 1.165) is 67.3 Å². The number of aromatic nitrogens is 3. The zero-order valence-corrected chi connectivity index (χ0v) is 16.5. The summed E-state index contributed by atoms with van der Waals surface area (Å²) in [6, 6.07) is 13.4. The van der Waals surface area contributed by atoms with Gasteiger partial charge in [-0.15, -0.1) is 0 Å². The van der Waals surface area contributed by atoms with Crippen LogP contribution in [0.1, 0.15) is 10.4 Å². The number of anilines is 1. The van der Waals surface area contributed by atoms with Crippen LogP contribution in [0.3, 0.4) is 0 Å². The molecule has 4 heterocycles. The third-order valence-electron chi connectivity index (χ3n) is 5.43. The van der Waals surface area contributed by atoms with Crippen LogP contribution in [-0.2, 0) is 4.74 Å². The van der Waals surface area contributed by atoms with Gasteiger partial charge in [-0.2, -0.15) is 0 Å². The Balaban J connectivity index is 1.55. The van der Waals surface area contributed by atoms with Gasteiger partial charge in [-0.3, -0.25) is 19.5 Å². The Labute approximate surface area is 172 Å². The molecule has 1 saturated heterocycles. The minimum Gasteiger partial charge on any atom is -0.379 e. The predicted molar refractivity (Wildman–Crippen MR) is 115 cm³/mol. The fourth-order valence-corrected chi connectivity index (χ4v) is 3.90. The number of nitrogen functional groups attached to an aromatic ring is 1. The van der Waals surface area contributed by atoms with E-state index in [4.69, 9.17) is 15.6 Å². The number of morpholine rings is 1. The molecule has 0 aliphatic carbocycles. The lowest BCUT2D eigenvalue weighted by molar-refractivity contribution is 0.0398. The Morgan fingerprint density at radius 1 is 1.10 bits per heavy atom. The molecule has 1 aliphatic heterocycles. The minimum absolute atomic E-state index is 0.384. The number of hydrogen-bond acceptors (Lipinski definition) is 7. The summed E-state index contributed by atoms with van der Waals surface area (Å²) in [4.78, 5) is 24.2. The molecule has 30 heavy (non-hydrogen) atoms. The molecule has 1 fully saturated rings. The van der Waals surface area contributed by atoms with Gasteiger partial charge in [0, 0.05) is 31.6 Å². The monoisotopic (exact) mass is 405 g/mol. The molecule has 4 aromatic rings. The fraction of sp³-hybridized carbons (Fsp3) is 0.286. The number of fused-ring (bicyclic) bond motifs is 5. The first kappa shape index (κ1) is 18.7. The first-order chi connectivity index (χ1) is 14.7. The van der Waals surface area contributed by atoms with Crippen molar-refractivity contribution in [2.24, 2.45) is 5.84 Å². The Morgan fingerprint density at radius 3 is 2.77 bits per heavy atom. The summed E-state index contributed by atoms with van der Waals surface area (Å²) < 4.78 is 7.32. The topological polar surface area (TPSA) is 110 Å². The van der Waals surface area contributed by atoms with E-state index in [2.05, 4.69) is 20.6 Å². The molecule has 0 atom stereocenters. The lowest BCUT2D eigenvalue weighted by atomic mass is 10.2. The minimum atomic E-state index is -0.384. The van der Waals surface area contributed by atoms with Gasteiger partial charge in [-0.05, 0) is 30.3 Å². The van der Waals surface area contributed by atoms with E-state index >= 15 is 0 Å². The quantitative estimate of drug-likeness (QED) is 0.261. The SMILES string of the molecule is NNC(=O)c1cc2ccc(NCCN3CCOCC3)nc2n2c1nc1ccccc12. The highest BCUT2D eigenvalue weighted by molar-refractivity contribution is 6.05. The maximum absolute atomic E-state index is 12.4. The Bertz CT molecular complexity index is 1230. The molecule has 1 aromatic carbocycles. The maximum Gasteiger partial charge on any atom is 0.268 e. The number of hydrazine groups is 1. The number of benzene rings is 1. The molecule has 9 nitrogen and oxygen atoms in total. The van der Waals surface area contributed by atoms with Crippen LogP contribution in [0.25, 0.3) is 27.7 Å². The fourth-order valence-electron chi connectivity index (χ4n) is 3.90. The number of nitrogens with one attached hydrogen (secondary N) is 2. The van der Waals surface area contributed by atoms with Crippen molar-refractivity contribution in [1.82, 2.24) is 24.7 Å². The van der Waals surface area contributed by atoms with Gasteiger partial charge in [0.1, 0.15) is 11.5 Å². The first-order valence-corrected chi connectivity index (χ1v) is 10.0. The van der Waals surface area contributed by atoms with Gasteiger partial charge in [0.05, 0.1) is 29.8 Å². The number of imidazole rings is 1. The zero-order chi connectivity index (χ0) is 20.5. The van der Waals surface area contributed by atoms with E-state index < -0.39 is 0 Å². The van der Waals surface area contributed by atoms with Crippen molar-refractivity contribution in [3.8, 4) is 0 Å². The Hall–Kier alpha value is -3.27. The molecule has 1 amide bonds. The van der Waals surface area contributed by atoms with Crippen LogP contribution in [0.2, 0.25) is 0 Å². The van der Waals surface area contributed by atoms with E-state index in [9.17, 15) is 4.79 Å². The second kappa shape index (κ2) is 7.86. The third kappa shape index (κ3) is 3.32. The molecule has 0 spiro atoms. The normalized spacial score (nSPS) is 15.1. The summed E-state index contributed by atoms with van der Waals surface area (Å²) in [6.07, 6.45) is 0. The third-order valence-corrected chi connectivity index (χ3v) is 5.43. The largest absolute Gasteiger partial charge is 0.379 e. The Kier molecular flexibility index (Phi) is 4.91. The van der Waals surface area contributed by atoms with Crippen LogP contribution in [-0.4, -0.2) is 64.6 Å². The molecule has 154 valence electrons. The number of ether oxygens (including phenoxy) is 1. The summed E-state index contributed by atoms with van der Waals surface area (Å²) in [6.45, 7) is 5.22. The number of amides is 1. The van der Waals surface area contributed by atoms with E-state index in [1.165, 1.54) is 0 Å². The second-order valence-electron chi connectivity index (χ2n) is 7.28. The van der Waals surface area contributed by atoms with Gasteiger partial charge in [0.15, 0.2) is 5.65 Å². The maximum atomic E-state index is 12.4. The van der Waals surface area contributed by atoms with Crippen LogP contribution in [0, 0.1) is 0 Å². The van der Waals surface area contributed by atoms with Crippen LogP contribution < -0.4 is 16.6 Å². The molecule has 4 N–H and O–H groups in total. The molecular formula is C21H23N7O2. The summed E-state index contributed by atoms with van der Waals surface area (Å²) in [7, 11) is 0. The number of nitrogens with two attached hydrogens (primary N) is 1. The van der Waals surface area contributed by atoms with Crippen LogP contribution in [0.15, 0.2) is 42.5 Å². The van der Waals surface area contributed by atoms with Gasteiger partial charge in [-0.25, -0.2) is 15.8 Å². The van der Waals surface area contributed by atoms with Crippen LogP contribution in [0.4, 0.5) is 5.82 Å². The molecular weight excluding hydrogens is 382 g/mol. The van der Waals surface area contributed by atoms with Crippen LogP contribution in [0.5, 0.6) is 0 Å². The molecule has 0 unspecified atom stereocenters. The first-order valence-electron chi connectivity index (χ1n) is 10.0. The van der Waals surface area contributed by atoms with E-state index in [0.29, 0.717) is 11.2 Å². The van der Waals surface area contributed by atoms with E-state index in [1.807, 2.05) is 40.8 Å². The highest BCUT2D eigenvalue weighted by Crippen LogP contribution is 2.26. The zero-order valence-electron chi connectivity index (χ0n) is 16.5. The van der Waals surface area contributed by atoms with Gasteiger partial charge < -0.3 is 10.1 Å². The average Bonchev–Trinajstić information content (AvgIpc) is 3.19. The summed E-state index contributed by atoms with van der Waals surface area (Å²) in [5.74, 6) is 5.80. The molecule has 0 saturated carbocycles. The predicted octanol–water partition coefficient (Wildman–Crippen LogP) is 1.38. The van der Waals surface area contributed by atoms with Crippen molar-refractivity contribution in [3.63, 3.8) is 0 Å². The highest BCUT2D eigenvalue weighted by atomic mass is 16.5. The molecule has 0 bridgehead atoms. The van der Waals surface area contributed by atoms with Gasteiger partial charge in [-0.1, -0.05) is 12.1 Å². The number of hydrogen-bond donors (Lipinski definition) is 3. The smallest absolute Gasteiger partial charge is 0.268 e. The van der Waals surface area contributed by atoms with Crippen molar-refractivity contribution in [2.45, 2.75) is 0 Å². The Morgan fingerprint density at radius 2 is 1.93 bits per heavy atom. The molecule has 1 aliphatic rings. The average molecular weight is 405 g/mol. The van der Waals surface area contributed by atoms with Gasteiger partial charge in [0.25, 0.3) is 5.91 Å². The van der Waals surface area contributed by atoms with Crippen molar-refractivity contribution in [2.75, 3.05) is 44.7 Å². The molecule has 9 heteroatoms. The van der Waals surface area contributed by atoms with Crippen molar-refractivity contribution < 1.29 is 9.53 Å². The standard InChI is InChI=1S/C21H23N7O2/c22-26-21(29)15-13-14-5-6-18(23-7-8-27-9-11-30-12-10-27)25-19(14)28-17-4-2-1-3-16(17)24-20(15)28/h1-6,13H,7-12,22H2,(H,23,25)(H,26,29). The molecule has 5 rings (SSSR count). The van der Waals surface area contributed by atoms with E-state index in [-0.39, 0.29) is 5.91 Å². The van der Waals surface area contributed by atoms with Crippen LogP contribution >= 0.6 is 0 Å². The molecule has 3 aromatic heterocycles. The number of nitrogens with zero attached hydrogens (tertiary/aromatic N) is 4. The number of carbonyl (C=O) groups is 1. The number of rotatable bonds is 5. The summed E-state index contributed by atoms with van der Waals surface area (Å²) >= 11 is 0. The number of para-hydroxylation sites is 2. The van der Waals surface area contributed by atoms with Crippen molar-refractivity contribution >= 4 is 39.4 Å². The number of carbonyl (C=O) groups excluding carboxylic acids is 1. The van der Waals surface area contributed by atoms with Crippen molar-refractivity contribution in [1.29, 1.82) is 0 Å².